The Kier molecular flexibility index (Phi) is 5.55. The quantitative estimate of drug-likeness (QED) is 0.640. The first kappa shape index (κ1) is 18.2. The monoisotopic (exact) mass is 370 g/mol. The molecule has 0 bridgehead atoms. The van der Waals surface area contributed by atoms with Crippen molar-refractivity contribution in [1.82, 2.24) is 4.57 Å². The van der Waals surface area contributed by atoms with Gasteiger partial charge in [0.2, 0.25) is 0 Å². The van der Waals surface area contributed by atoms with E-state index in [1.807, 2.05) is 0 Å². The fraction of sp³-hybridized carbons (Fsp3) is 0.211. The Morgan fingerprint density at radius 2 is 1.96 bits per heavy atom. The summed E-state index contributed by atoms with van der Waals surface area (Å²) >= 11 is 0. The van der Waals surface area contributed by atoms with E-state index in [4.69, 9.17) is 13.9 Å². The van der Waals surface area contributed by atoms with Crippen LogP contribution in [0.3, 0.4) is 0 Å². The normalized spacial score (nSPS) is 10.6. The number of para-hydroxylation sites is 2. The molecule has 2 aromatic carbocycles. The van der Waals surface area contributed by atoms with Crippen molar-refractivity contribution < 1.29 is 23.5 Å². The zero-order valence-electron chi connectivity index (χ0n) is 14.6. The Morgan fingerprint density at radius 1 is 1.15 bits per heavy atom. The molecule has 1 amide bonds. The summed E-state index contributed by atoms with van der Waals surface area (Å²) in [5, 5.41) is 2.61. The average molecular weight is 370 g/mol. The van der Waals surface area contributed by atoms with Crippen molar-refractivity contribution in [3.8, 4) is 5.75 Å². The number of benzene rings is 2. The van der Waals surface area contributed by atoms with Gasteiger partial charge in [-0.05, 0) is 24.3 Å². The van der Waals surface area contributed by atoms with Gasteiger partial charge in [-0.25, -0.2) is 4.79 Å². The molecule has 27 heavy (non-hydrogen) atoms. The number of oxazole rings is 1. The highest BCUT2D eigenvalue weighted by Crippen LogP contribution is 2.16. The number of carbonyl (C=O) groups is 2. The molecular weight excluding hydrogens is 352 g/mol. The molecule has 0 aliphatic rings. The maximum Gasteiger partial charge on any atom is 0.419 e. The van der Waals surface area contributed by atoms with Crippen LogP contribution in [0.1, 0.15) is 6.42 Å². The number of hydrogen-bond acceptors (Lipinski definition) is 6. The van der Waals surface area contributed by atoms with Crippen molar-refractivity contribution in [1.29, 1.82) is 0 Å². The topological polar surface area (TPSA) is 99.8 Å². The van der Waals surface area contributed by atoms with Gasteiger partial charge in [-0.1, -0.05) is 18.2 Å². The summed E-state index contributed by atoms with van der Waals surface area (Å²) < 4.78 is 16.5. The molecule has 0 fully saturated rings. The van der Waals surface area contributed by atoms with Gasteiger partial charge >= 0.3 is 11.7 Å². The lowest BCUT2D eigenvalue weighted by atomic mass is 10.3. The number of ether oxygens (including phenoxy) is 2. The molecule has 0 spiro atoms. The van der Waals surface area contributed by atoms with Crippen LogP contribution < -0.4 is 15.8 Å². The zero-order valence-corrected chi connectivity index (χ0v) is 14.6. The average Bonchev–Trinajstić information content (AvgIpc) is 3.00. The van der Waals surface area contributed by atoms with Crippen molar-refractivity contribution in [3.05, 3.63) is 59.1 Å². The number of fused-ring (bicyclic) bond motifs is 1. The molecule has 0 saturated heterocycles. The van der Waals surface area contributed by atoms with Crippen molar-refractivity contribution in [2.24, 2.45) is 0 Å². The van der Waals surface area contributed by atoms with E-state index in [2.05, 4.69) is 5.32 Å². The molecule has 0 atom stereocenters. The smallest absolute Gasteiger partial charge is 0.419 e. The SMILES string of the molecule is COc1cccc(NC(=O)COC(=O)CCn2c(=O)oc3ccccc32)c1. The number of nitrogens with one attached hydrogen (secondary N) is 1. The number of nitrogens with zero attached hydrogens (tertiary/aromatic N) is 1. The molecule has 0 unspecified atom stereocenters. The molecule has 1 heterocycles. The van der Waals surface area contributed by atoms with Gasteiger partial charge in [0.05, 0.1) is 19.0 Å². The summed E-state index contributed by atoms with van der Waals surface area (Å²) in [7, 11) is 1.53. The van der Waals surface area contributed by atoms with E-state index in [9.17, 15) is 14.4 Å². The largest absolute Gasteiger partial charge is 0.497 e. The van der Waals surface area contributed by atoms with Gasteiger partial charge in [0, 0.05) is 18.3 Å². The predicted molar refractivity (Wildman–Crippen MR) is 97.7 cm³/mol. The van der Waals surface area contributed by atoms with Crippen LogP contribution in [0.5, 0.6) is 5.75 Å². The molecule has 0 aliphatic heterocycles. The number of methoxy groups -OCH3 is 1. The number of amides is 1. The Hall–Kier alpha value is -3.55. The molecule has 8 nitrogen and oxygen atoms in total. The van der Waals surface area contributed by atoms with Gasteiger partial charge in [0.1, 0.15) is 5.75 Å². The van der Waals surface area contributed by atoms with Crippen LogP contribution in [0, 0.1) is 0 Å². The van der Waals surface area contributed by atoms with E-state index in [0.717, 1.165) is 0 Å². The highest BCUT2D eigenvalue weighted by Gasteiger charge is 2.12. The third-order valence-corrected chi connectivity index (χ3v) is 3.83. The molecule has 1 N–H and O–H groups in total. The molecule has 8 heteroatoms. The van der Waals surface area contributed by atoms with Crippen molar-refractivity contribution >= 4 is 28.7 Å². The molecule has 0 saturated carbocycles. The summed E-state index contributed by atoms with van der Waals surface area (Å²) in [5.74, 6) is -1.00. The summed E-state index contributed by atoms with van der Waals surface area (Å²) in [6.07, 6.45) is -0.0596. The Morgan fingerprint density at radius 3 is 2.78 bits per heavy atom. The highest BCUT2D eigenvalue weighted by atomic mass is 16.5. The highest BCUT2D eigenvalue weighted by molar-refractivity contribution is 5.92. The number of anilines is 1. The Balaban J connectivity index is 1.50. The predicted octanol–water partition coefficient (Wildman–Crippen LogP) is 2.18. The van der Waals surface area contributed by atoms with Crippen molar-refractivity contribution in [3.63, 3.8) is 0 Å². The number of rotatable bonds is 7. The second-order valence-electron chi connectivity index (χ2n) is 5.68. The van der Waals surface area contributed by atoms with E-state index < -0.39 is 24.2 Å². The fourth-order valence-electron chi connectivity index (χ4n) is 2.54. The van der Waals surface area contributed by atoms with E-state index in [-0.39, 0.29) is 13.0 Å². The lowest BCUT2D eigenvalue weighted by Crippen LogP contribution is -2.22. The first-order valence-electron chi connectivity index (χ1n) is 8.25. The lowest BCUT2D eigenvalue weighted by Gasteiger charge is -2.08. The molecule has 140 valence electrons. The van der Waals surface area contributed by atoms with Gasteiger partial charge in [-0.15, -0.1) is 0 Å². The van der Waals surface area contributed by atoms with Gasteiger partial charge in [-0.3, -0.25) is 14.2 Å². The minimum atomic E-state index is -0.590. The van der Waals surface area contributed by atoms with Crippen molar-refractivity contribution in [2.75, 3.05) is 19.0 Å². The third kappa shape index (κ3) is 4.55. The van der Waals surface area contributed by atoms with Gasteiger partial charge in [0.15, 0.2) is 12.2 Å². The van der Waals surface area contributed by atoms with Gasteiger partial charge in [-0.2, -0.15) is 0 Å². The molecular formula is C19H18N2O6. The fourth-order valence-corrected chi connectivity index (χ4v) is 2.54. The Labute approximate surface area is 154 Å². The summed E-state index contributed by atoms with van der Waals surface area (Å²) in [4.78, 5) is 35.6. The summed E-state index contributed by atoms with van der Waals surface area (Å²) in [6.45, 7) is -0.316. The number of aryl methyl sites for hydroxylation is 1. The van der Waals surface area contributed by atoms with E-state index in [1.165, 1.54) is 11.7 Å². The number of hydrogen-bond donors (Lipinski definition) is 1. The minimum Gasteiger partial charge on any atom is -0.497 e. The third-order valence-electron chi connectivity index (χ3n) is 3.83. The van der Waals surface area contributed by atoms with Crippen LogP contribution in [0.15, 0.2) is 57.7 Å². The maximum atomic E-state index is 11.9. The summed E-state index contributed by atoms with van der Waals surface area (Å²) in [5.41, 5.74) is 1.59. The second-order valence-corrected chi connectivity index (χ2v) is 5.68. The molecule has 0 radical (unpaired) electrons. The van der Waals surface area contributed by atoms with Crippen LogP contribution in [-0.2, 0) is 20.9 Å². The first-order chi connectivity index (χ1) is 13.1. The number of carbonyl (C=O) groups excluding carboxylic acids is 2. The van der Waals surface area contributed by atoms with Gasteiger partial charge < -0.3 is 19.2 Å². The Bertz CT molecular complexity index is 1020. The number of esters is 1. The second kappa shape index (κ2) is 8.22. The standard InChI is InChI=1S/C19H18N2O6/c1-25-14-6-4-5-13(11-14)20-17(22)12-26-18(23)9-10-21-15-7-2-3-8-16(15)27-19(21)24/h2-8,11H,9-10,12H2,1H3,(H,20,22). The number of aromatic nitrogens is 1. The maximum absolute atomic E-state index is 11.9. The van der Waals surface area contributed by atoms with Crippen LogP contribution >= 0.6 is 0 Å². The first-order valence-corrected chi connectivity index (χ1v) is 8.25. The van der Waals surface area contributed by atoms with Crippen LogP contribution in [-0.4, -0.2) is 30.2 Å². The van der Waals surface area contributed by atoms with Crippen LogP contribution in [0.25, 0.3) is 11.1 Å². The summed E-state index contributed by atoms with van der Waals surface area (Å²) in [6, 6.07) is 13.8. The molecule has 1 aromatic heterocycles. The van der Waals surface area contributed by atoms with Gasteiger partial charge in [0.25, 0.3) is 5.91 Å². The molecule has 0 aliphatic carbocycles. The minimum absolute atomic E-state index is 0.0596. The van der Waals surface area contributed by atoms with Crippen LogP contribution in [0.2, 0.25) is 0 Å². The van der Waals surface area contributed by atoms with E-state index in [1.54, 1.807) is 48.5 Å². The van der Waals surface area contributed by atoms with E-state index >= 15 is 0 Å². The zero-order chi connectivity index (χ0) is 19.2. The van der Waals surface area contributed by atoms with Crippen LogP contribution in [0.4, 0.5) is 5.69 Å². The van der Waals surface area contributed by atoms with E-state index in [0.29, 0.717) is 22.5 Å². The van der Waals surface area contributed by atoms with Crippen molar-refractivity contribution in [2.45, 2.75) is 13.0 Å². The molecule has 3 rings (SSSR count). The molecule has 3 aromatic rings. The lowest BCUT2D eigenvalue weighted by molar-refractivity contribution is -0.147.